The van der Waals surface area contributed by atoms with Crippen molar-refractivity contribution in [1.29, 1.82) is 0 Å². The highest BCUT2D eigenvalue weighted by molar-refractivity contribution is 14.1. The molecule has 0 aromatic heterocycles. The zero-order valence-electron chi connectivity index (χ0n) is 9.78. The molecule has 3 nitrogen and oxygen atoms in total. The van der Waals surface area contributed by atoms with Crippen LogP contribution >= 0.6 is 22.6 Å². The van der Waals surface area contributed by atoms with E-state index in [1.807, 2.05) is 0 Å². The fraction of sp³-hybridized carbons (Fsp3) is 0.462. The summed E-state index contributed by atoms with van der Waals surface area (Å²) in [7, 11) is 1.40. The lowest BCUT2D eigenvalue weighted by atomic mass is 9.93. The number of hydrogen-bond donors (Lipinski definition) is 1. The maximum atomic E-state index is 11.6. The van der Waals surface area contributed by atoms with Crippen LogP contribution in [-0.4, -0.2) is 18.6 Å². The normalized spacial score (nSPS) is 28.1. The van der Waals surface area contributed by atoms with Crippen molar-refractivity contribution >= 4 is 28.6 Å². The molecule has 17 heavy (non-hydrogen) atoms. The number of esters is 1. The second-order valence-corrected chi connectivity index (χ2v) is 5.88. The van der Waals surface area contributed by atoms with Gasteiger partial charge in [-0.3, -0.25) is 4.79 Å². The zero-order valence-corrected chi connectivity index (χ0v) is 11.9. The molecule has 4 heteroatoms. The van der Waals surface area contributed by atoms with Crippen LogP contribution in [0.25, 0.3) is 0 Å². The highest BCUT2D eigenvalue weighted by atomic mass is 127. The van der Waals surface area contributed by atoms with Crippen LogP contribution < -0.4 is 5.73 Å². The molecule has 1 aliphatic carbocycles. The quantitative estimate of drug-likeness (QED) is 0.662. The number of halogens is 1. The van der Waals surface area contributed by atoms with E-state index in [0.717, 1.165) is 6.42 Å². The Balaban J connectivity index is 2.12. The van der Waals surface area contributed by atoms with Crippen LogP contribution in [0, 0.1) is 3.57 Å². The van der Waals surface area contributed by atoms with E-state index in [4.69, 9.17) is 10.5 Å². The van der Waals surface area contributed by atoms with Crippen LogP contribution in [0.1, 0.15) is 30.7 Å². The molecule has 0 bridgehead atoms. The molecular weight excluding hydrogens is 329 g/mol. The second-order valence-electron chi connectivity index (χ2n) is 4.64. The first kappa shape index (κ1) is 12.8. The van der Waals surface area contributed by atoms with Crippen molar-refractivity contribution in [1.82, 2.24) is 0 Å². The molecule has 1 fully saturated rings. The average molecular weight is 345 g/mol. The summed E-state index contributed by atoms with van der Waals surface area (Å²) in [5.74, 6) is 0.0848. The van der Waals surface area contributed by atoms with Gasteiger partial charge in [0.25, 0.3) is 0 Å². The van der Waals surface area contributed by atoms with E-state index in [0.29, 0.717) is 18.8 Å². The second kappa shape index (κ2) is 4.94. The Labute approximate surface area is 115 Å². The third-order valence-electron chi connectivity index (χ3n) is 3.48. The minimum atomic E-state index is -0.789. The molecule has 0 saturated heterocycles. The van der Waals surface area contributed by atoms with Gasteiger partial charge in [-0.05, 0) is 65.5 Å². The van der Waals surface area contributed by atoms with Crippen LogP contribution in [0.15, 0.2) is 24.3 Å². The first-order chi connectivity index (χ1) is 8.05. The molecule has 2 rings (SSSR count). The summed E-state index contributed by atoms with van der Waals surface area (Å²) >= 11 is 2.28. The highest BCUT2D eigenvalue weighted by Gasteiger charge is 2.43. The Kier molecular flexibility index (Phi) is 3.73. The molecule has 2 atom stereocenters. The number of rotatable bonds is 2. The first-order valence-electron chi connectivity index (χ1n) is 5.68. The predicted molar refractivity (Wildman–Crippen MR) is 74.7 cm³/mol. The van der Waals surface area contributed by atoms with E-state index in [2.05, 4.69) is 46.9 Å². The molecule has 2 N–H and O–H groups in total. The fourth-order valence-electron chi connectivity index (χ4n) is 2.48. The zero-order chi connectivity index (χ0) is 12.5. The number of hydrogen-bond acceptors (Lipinski definition) is 3. The van der Waals surface area contributed by atoms with Gasteiger partial charge in [-0.2, -0.15) is 0 Å². The number of nitrogens with two attached hydrogens (primary N) is 1. The van der Waals surface area contributed by atoms with Crippen LogP contribution in [0.3, 0.4) is 0 Å². The highest BCUT2D eigenvalue weighted by Crippen LogP contribution is 2.40. The van der Waals surface area contributed by atoms with Crippen molar-refractivity contribution in [3.05, 3.63) is 33.4 Å². The molecule has 0 radical (unpaired) electrons. The molecule has 92 valence electrons. The summed E-state index contributed by atoms with van der Waals surface area (Å²) in [4.78, 5) is 11.6. The number of carbonyl (C=O) groups excluding carboxylic acids is 1. The lowest BCUT2D eigenvalue weighted by molar-refractivity contribution is -0.146. The van der Waals surface area contributed by atoms with E-state index in [1.54, 1.807) is 0 Å². The predicted octanol–water partition coefficient (Wildman–Crippen LogP) is 2.43. The molecule has 2 unspecified atom stereocenters. The van der Waals surface area contributed by atoms with Crippen molar-refractivity contribution in [2.45, 2.75) is 30.7 Å². The van der Waals surface area contributed by atoms with E-state index in [-0.39, 0.29) is 5.97 Å². The molecule has 0 spiro atoms. The van der Waals surface area contributed by atoms with Crippen LogP contribution in [-0.2, 0) is 9.53 Å². The van der Waals surface area contributed by atoms with Crippen molar-refractivity contribution in [2.75, 3.05) is 7.11 Å². The van der Waals surface area contributed by atoms with Crippen molar-refractivity contribution in [3.63, 3.8) is 0 Å². The maximum absolute atomic E-state index is 11.6. The van der Waals surface area contributed by atoms with Crippen molar-refractivity contribution < 1.29 is 9.53 Å². The molecule has 0 heterocycles. The van der Waals surface area contributed by atoms with Crippen molar-refractivity contribution in [2.24, 2.45) is 5.73 Å². The third-order valence-corrected chi connectivity index (χ3v) is 4.20. The summed E-state index contributed by atoms with van der Waals surface area (Å²) in [6.45, 7) is 0. The van der Waals surface area contributed by atoms with Gasteiger partial charge in [-0.25, -0.2) is 0 Å². The van der Waals surface area contributed by atoms with Gasteiger partial charge in [-0.15, -0.1) is 0 Å². The molecular formula is C13H16INO2. The lowest BCUT2D eigenvalue weighted by Crippen LogP contribution is -2.46. The van der Waals surface area contributed by atoms with Gasteiger partial charge in [0, 0.05) is 3.57 Å². The smallest absolute Gasteiger partial charge is 0.325 e. The van der Waals surface area contributed by atoms with Gasteiger partial charge in [0.1, 0.15) is 5.54 Å². The minimum Gasteiger partial charge on any atom is -0.468 e. The summed E-state index contributed by atoms with van der Waals surface area (Å²) in [6.07, 6.45) is 2.34. The van der Waals surface area contributed by atoms with E-state index >= 15 is 0 Å². The van der Waals surface area contributed by atoms with Crippen molar-refractivity contribution in [3.8, 4) is 0 Å². The SMILES string of the molecule is COC(=O)C1(N)CCC(c2ccc(I)cc2)C1. The first-order valence-corrected chi connectivity index (χ1v) is 6.76. The summed E-state index contributed by atoms with van der Waals surface area (Å²) in [5, 5.41) is 0. The van der Waals surface area contributed by atoms with E-state index in [9.17, 15) is 4.79 Å². The number of benzene rings is 1. The number of carbonyl (C=O) groups is 1. The molecule has 0 aliphatic heterocycles. The monoisotopic (exact) mass is 345 g/mol. The standard InChI is InChI=1S/C13H16INO2/c1-17-12(16)13(15)7-6-10(8-13)9-2-4-11(14)5-3-9/h2-5,10H,6-8,15H2,1H3. The Bertz CT molecular complexity index is 418. The topological polar surface area (TPSA) is 52.3 Å². The Morgan fingerprint density at radius 2 is 2.12 bits per heavy atom. The van der Waals surface area contributed by atoms with Gasteiger partial charge in [0.2, 0.25) is 0 Å². The lowest BCUT2D eigenvalue weighted by Gasteiger charge is -2.20. The van der Waals surface area contributed by atoms with Gasteiger partial charge in [0.15, 0.2) is 0 Å². The fourth-order valence-corrected chi connectivity index (χ4v) is 2.84. The largest absolute Gasteiger partial charge is 0.468 e. The summed E-state index contributed by atoms with van der Waals surface area (Å²) in [6, 6.07) is 8.42. The third kappa shape index (κ3) is 2.63. The maximum Gasteiger partial charge on any atom is 0.325 e. The molecule has 0 amide bonds. The van der Waals surface area contributed by atoms with Gasteiger partial charge >= 0.3 is 5.97 Å². The van der Waals surface area contributed by atoms with Crippen LogP contribution in [0.4, 0.5) is 0 Å². The average Bonchev–Trinajstić information content (AvgIpc) is 2.73. The van der Waals surface area contributed by atoms with E-state index < -0.39 is 5.54 Å². The molecule has 1 saturated carbocycles. The van der Waals surface area contributed by atoms with E-state index in [1.165, 1.54) is 16.2 Å². The van der Waals surface area contributed by atoms with Gasteiger partial charge in [0.05, 0.1) is 7.11 Å². The minimum absolute atomic E-state index is 0.287. The van der Waals surface area contributed by atoms with Crippen LogP contribution in [0.2, 0.25) is 0 Å². The summed E-state index contributed by atoms with van der Waals surface area (Å²) < 4.78 is 5.99. The molecule has 1 aliphatic rings. The summed E-state index contributed by atoms with van der Waals surface area (Å²) in [5.41, 5.74) is 6.57. The van der Waals surface area contributed by atoms with Gasteiger partial charge in [-0.1, -0.05) is 12.1 Å². The van der Waals surface area contributed by atoms with Gasteiger partial charge < -0.3 is 10.5 Å². The molecule has 1 aromatic rings. The Morgan fingerprint density at radius 1 is 1.47 bits per heavy atom. The Morgan fingerprint density at radius 3 is 2.71 bits per heavy atom. The number of ether oxygens (including phenoxy) is 1. The number of methoxy groups -OCH3 is 1. The molecule has 1 aromatic carbocycles. The Hall–Kier alpha value is -0.620. The van der Waals surface area contributed by atoms with Crippen LogP contribution in [0.5, 0.6) is 0 Å².